The standard InChI is InChI=1S/C14H22BrNO3/c15-8-11-6-12(17)16(9-11)10-14(7-13(18)19)4-2-1-3-5-14/h11H,1-10H2,(H,18,19). The van der Waals surface area contributed by atoms with Crippen molar-refractivity contribution in [3.8, 4) is 0 Å². The monoisotopic (exact) mass is 331 g/mol. The molecule has 1 heterocycles. The SMILES string of the molecule is O=C(O)CC1(CN2CC(CBr)CC2=O)CCCCC1. The Labute approximate surface area is 122 Å². The molecule has 2 rings (SSSR count). The fourth-order valence-corrected chi connectivity index (χ4v) is 3.96. The first-order valence-electron chi connectivity index (χ1n) is 7.10. The fourth-order valence-electron chi connectivity index (χ4n) is 3.53. The van der Waals surface area contributed by atoms with Crippen LogP contribution in [0.5, 0.6) is 0 Å². The van der Waals surface area contributed by atoms with Gasteiger partial charge in [-0.3, -0.25) is 9.59 Å². The van der Waals surface area contributed by atoms with Crippen molar-refractivity contribution in [1.82, 2.24) is 4.90 Å². The van der Waals surface area contributed by atoms with Crippen molar-refractivity contribution in [1.29, 1.82) is 0 Å². The predicted octanol–water partition coefficient (Wildman–Crippen LogP) is 2.66. The van der Waals surface area contributed by atoms with E-state index in [1.165, 1.54) is 6.42 Å². The number of halogens is 1. The average Bonchev–Trinajstić information content (AvgIpc) is 2.70. The number of carboxylic acids is 1. The summed E-state index contributed by atoms with van der Waals surface area (Å²) in [6.07, 6.45) is 6.09. The van der Waals surface area contributed by atoms with E-state index >= 15 is 0 Å². The molecule has 5 heteroatoms. The van der Waals surface area contributed by atoms with Crippen LogP contribution in [0.4, 0.5) is 0 Å². The van der Waals surface area contributed by atoms with Gasteiger partial charge in [0.1, 0.15) is 0 Å². The van der Waals surface area contributed by atoms with Crippen LogP contribution in [0, 0.1) is 11.3 Å². The molecule has 1 N–H and O–H groups in total. The summed E-state index contributed by atoms with van der Waals surface area (Å²) >= 11 is 3.44. The zero-order chi connectivity index (χ0) is 13.9. The Kier molecular flexibility index (Phi) is 4.87. The first-order valence-corrected chi connectivity index (χ1v) is 8.22. The van der Waals surface area contributed by atoms with E-state index in [9.17, 15) is 9.59 Å². The molecule has 0 aromatic rings. The van der Waals surface area contributed by atoms with Crippen molar-refractivity contribution in [2.24, 2.45) is 11.3 Å². The molecule has 1 aliphatic carbocycles. The number of alkyl halides is 1. The van der Waals surface area contributed by atoms with Gasteiger partial charge >= 0.3 is 5.97 Å². The third-order valence-corrected chi connectivity index (χ3v) is 5.40. The highest BCUT2D eigenvalue weighted by atomic mass is 79.9. The minimum atomic E-state index is -0.731. The Bertz CT molecular complexity index is 353. The molecular formula is C14H22BrNO3. The van der Waals surface area contributed by atoms with Crippen LogP contribution in [0.3, 0.4) is 0 Å². The van der Waals surface area contributed by atoms with Crippen LogP contribution in [-0.2, 0) is 9.59 Å². The lowest BCUT2D eigenvalue weighted by Gasteiger charge is -2.39. The number of carbonyl (C=O) groups is 2. The van der Waals surface area contributed by atoms with Gasteiger partial charge in [0.25, 0.3) is 0 Å². The number of nitrogens with zero attached hydrogens (tertiary/aromatic N) is 1. The lowest BCUT2D eigenvalue weighted by atomic mass is 9.71. The number of hydrogen-bond donors (Lipinski definition) is 1. The van der Waals surface area contributed by atoms with Crippen LogP contribution in [0.2, 0.25) is 0 Å². The summed E-state index contributed by atoms with van der Waals surface area (Å²) in [6.45, 7) is 1.42. The minimum absolute atomic E-state index is 0.180. The summed E-state index contributed by atoms with van der Waals surface area (Å²) in [4.78, 5) is 25.0. The molecule has 1 amide bonds. The van der Waals surface area contributed by atoms with Crippen molar-refractivity contribution in [3.05, 3.63) is 0 Å². The van der Waals surface area contributed by atoms with E-state index in [-0.39, 0.29) is 17.7 Å². The van der Waals surface area contributed by atoms with Gasteiger partial charge in [0.2, 0.25) is 5.91 Å². The number of hydrogen-bond acceptors (Lipinski definition) is 2. The Morgan fingerprint density at radius 1 is 1.37 bits per heavy atom. The zero-order valence-electron chi connectivity index (χ0n) is 11.2. The summed E-state index contributed by atoms with van der Waals surface area (Å²) in [7, 11) is 0. The summed E-state index contributed by atoms with van der Waals surface area (Å²) < 4.78 is 0. The molecule has 0 spiro atoms. The predicted molar refractivity (Wildman–Crippen MR) is 76.3 cm³/mol. The summed E-state index contributed by atoms with van der Waals surface area (Å²) in [6, 6.07) is 0. The molecule has 2 aliphatic rings. The lowest BCUT2D eigenvalue weighted by Crippen LogP contribution is -2.41. The molecule has 19 heavy (non-hydrogen) atoms. The number of rotatable bonds is 5. The van der Waals surface area contributed by atoms with Crippen molar-refractivity contribution in [2.45, 2.75) is 44.9 Å². The fraction of sp³-hybridized carbons (Fsp3) is 0.857. The highest BCUT2D eigenvalue weighted by Gasteiger charge is 2.39. The summed E-state index contributed by atoms with van der Waals surface area (Å²) in [5.41, 5.74) is -0.180. The van der Waals surface area contributed by atoms with Crippen molar-refractivity contribution < 1.29 is 14.7 Å². The Morgan fingerprint density at radius 3 is 2.58 bits per heavy atom. The van der Waals surface area contributed by atoms with Gasteiger partial charge in [-0.2, -0.15) is 0 Å². The van der Waals surface area contributed by atoms with Crippen LogP contribution in [0.25, 0.3) is 0 Å². The topological polar surface area (TPSA) is 57.6 Å². The van der Waals surface area contributed by atoms with Crippen molar-refractivity contribution in [2.75, 3.05) is 18.4 Å². The molecule has 1 atom stereocenters. The summed E-state index contributed by atoms with van der Waals surface area (Å²) in [5.74, 6) is -0.150. The quantitative estimate of drug-likeness (QED) is 0.788. The van der Waals surface area contributed by atoms with E-state index < -0.39 is 5.97 Å². The highest BCUT2D eigenvalue weighted by Crippen LogP contribution is 2.41. The molecule has 4 nitrogen and oxygen atoms in total. The minimum Gasteiger partial charge on any atom is -0.481 e. The number of carbonyl (C=O) groups excluding carboxylic acids is 1. The van der Waals surface area contributed by atoms with E-state index in [0.717, 1.165) is 37.6 Å². The summed E-state index contributed by atoms with van der Waals surface area (Å²) in [5, 5.41) is 10.0. The number of likely N-dealkylation sites (tertiary alicyclic amines) is 1. The van der Waals surface area contributed by atoms with Gasteiger partial charge < -0.3 is 10.0 Å². The third-order valence-electron chi connectivity index (χ3n) is 4.48. The third kappa shape index (κ3) is 3.71. The van der Waals surface area contributed by atoms with Gasteiger partial charge in [0.15, 0.2) is 0 Å². The normalized spacial score (nSPS) is 26.7. The molecule has 0 aromatic carbocycles. The first-order chi connectivity index (χ1) is 9.04. The molecular weight excluding hydrogens is 310 g/mol. The molecule has 1 saturated carbocycles. The van der Waals surface area contributed by atoms with E-state index in [2.05, 4.69) is 15.9 Å². The van der Waals surface area contributed by atoms with E-state index in [0.29, 0.717) is 18.9 Å². The van der Waals surface area contributed by atoms with Crippen molar-refractivity contribution in [3.63, 3.8) is 0 Å². The molecule has 2 fully saturated rings. The van der Waals surface area contributed by atoms with Gasteiger partial charge in [-0.15, -0.1) is 0 Å². The smallest absolute Gasteiger partial charge is 0.303 e. The molecule has 0 aromatic heterocycles. The molecule has 1 unspecified atom stereocenters. The number of amides is 1. The molecule has 1 saturated heterocycles. The largest absolute Gasteiger partial charge is 0.481 e. The van der Waals surface area contributed by atoms with Gasteiger partial charge in [-0.1, -0.05) is 35.2 Å². The van der Waals surface area contributed by atoms with Crippen LogP contribution in [-0.4, -0.2) is 40.3 Å². The van der Waals surface area contributed by atoms with Gasteiger partial charge in [0.05, 0.1) is 6.42 Å². The first kappa shape index (κ1) is 14.8. The average molecular weight is 332 g/mol. The second kappa shape index (κ2) is 6.25. The highest BCUT2D eigenvalue weighted by molar-refractivity contribution is 9.09. The molecule has 0 radical (unpaired) electrons. The van der Waals surface area contributed by atoms with E-state index in [1.807, 2.05) is 4.90 Å². The molecule has 1 aliphatic heterocycles. The van der Waals surface area contributed by atoms with Crippen LogP contribution in [0.1, 0.15) is 44.9 Å². The maximum absolute atomic E-state index is 12.0. The van der Waals surface area contributed by atoms with Gasteiger partial charge in [-0.25, -0.2) is 0 Å². The van der Waals surface area contributed by atoms with Gasteiger partial charge in [0, 0.05) is 24.8 Å². The van der Waals surface area contributed by atoms with E-state index in [1.54, 1.807) is 0 Å². The molecule has 0 bridgehead atoms. The van der Waals surface area contributed by atoms with E-state index in [4.69, 9.17) is 5.11 Å². The second-order valence-corrected chi connectivity index (χ2v) is 6.78. The Morgan fingerprint density at radius 2 is 2.05 bits per heavy atom. The van der Waals surface area contributed by atoms with Gasteiger partial charge in [-0.05, 0) is 24.2 Å². The maximum atomic E-state index is 12.0. The zero-order valence-corrected chi connectivity index (χ0v) is 12.8. The number of aliphatic carboxylic acids is 1. The Balaban J connectivity index is 2.03. The van der Waals surface area contributed by atoms with Crippen LogP contribution in [0.15, 0.2) is 0 Å². The molecule has 108 valence electrons. The lowest BCUT2D eigenvalue weighted by molar-refractivity contribution is -0.142. The van der Waals surface area contributed by atoms with Crippen LogP contribution < -0.4 is 0 Å². The maximum Gasteiger partial charge on any atom is 0.303 e. The second-order valence-electron chi connectivity index (χ2n) is 6.13. The number of carboxylic acid groups (broad SMARTS) is 1. The van der Waals surface area contributed by atoms with Crippen molar-refractivity contribution >= 4 is 27.8 Å². The Hall–Kier alpha value is -0.580. The van der Waals surface area contributed by atoms with Crippen LogP contribution >= 0.6 is 15.9 Å².